The molecule has 0 bridgehead atoms. The van der Waals surface area contributed by atoms with Gasteiger partial charge in [0.1, 0.15) is 4.88 Å². The molecule has 0 saturated carbocycles. The first-order valence-electron chi connectivity index (χ1n) is 5.96. The molecule has 0 aliphatic heterocycles. The number of rotatable bonds is 5. The third-order valence-electron chi connectivity index (χ3n) is 2.77. The number of nitrogens with zero attached hydrogens (tertiary/aromatic N) is 2. The van der Waals surface area contributed by atoms with E-state index in [1.54, 1.807) is 12.1 Å². The molecule has 1 aromatic carbocycles. The predicted molar refractivity (Wildman–Crippen MR) is 74.4 cm³/mol. The molecule has 0 aliphatic carbocycles. The van der Waals surface area contributed by atoms with Crippen LogP contribution in [0, 0.1) is 10.1 Å². The molecule has 0 aliphatic rings. The first-order chi connectivity index (χ1) is 9.51. The monoisotopic (exact) mass is 292 g/mol. The van der Waals surface area contributed by atoms with Crippen molar-refractivity contribution in [3.05, 3.63) is 55.5 Å². The SMILES string of the molecule is CCc1nc(Cc2ccc([N+](=O)[O-])cc2)sc1C(=O)O. The molecule has 0 radical (unpaired) electrons. The predicted octanol–water partition coefficient (Wildman–Crippen LogP) is 2.90. The second-order valence-electron chi connectivity index (χ2n) is 4.14. The number of carboxylic acid groups (broad SMARTS) is 1. The summed E-state index contributed by atoms with van der Waals surface area (Å²) in [6.45, 7) is 1.86. The number of carbonyl (C=O) groups is 1. The van der Waals surface area contributed by atoms with Crippen LogP contribution in [-0.2, 0) is 12.8 Å². The van der Waals surface area contributed by atoms with Gasteiger partial charge in [-0.15, -0.1) is 11.3 Å². The highest BCUT2D eigenvalue weighted by atomic mass is 32.1. The van der Waals surface area contributed by atoms with Crippen molar-refractivity contribution in [2.24, 2.45) is 0 Å². The van der Waals surface area contributed by atoms with Gasteiger partial charge in [0.15, 0.2) is 0 Å². The van der Waals surface area contributed by atoms with Gasteiger partial charge in [0.05, 0.1) is 15.6 Å². The smallest absolute Gasteiger partial charge is 0.347 e. The molecule has 6 nitrogen and oxygen atoms in total. The van der Waals surface area contributed by atoms with Crippen molar-refractivity contribution in [1.29, 1.82) is 0 Å². The quantitative estimate of drug-likeness (QED) is 0.675. The van der Waals surface area contributed by atoms with Gasteiger partial charge in [-0.05, 0) is 12.0 Å². The number of aryl methyl sites for hydroxylation is 1. The van der Waals surface area contributed by atoms with Gasteiger partial charge >= 0.3 is 5.97 Å². The van der Waals surface area contributed by atoms with Gasteiger partial charge in [-0.1, -0.05) is 19.1 Å². The van der Waals surface area contributed by atoms with E-state index in [9.17, 15) is 14.9 Å². The Hall–Kier alpha value is -2.28. The van der Waals surface area contributed by atoms with Crippen LogP contribution in [0.15, 0.2) is 24.3 Å². The number of thiazole rings is 1. The molecule has 1 aromatic heterocycles. The van der Waals surface area contributed by atoms with Gasteiger partial charge in [0.2, 0.25) is 0 Å². The minimum Gasteiger partial charge on any atom is -0.477 e. The molecule has 0 atom stereocenters. The van der Waals surface area contributed by atoms with E-state index >= 15 is 0 Å². The zero-order valence-electron chi connectivity index (χ0n) is 10.7. The topological polar surface area (TPSA) is 93.3 Å². The number of hydrogen-bond donors (Lipinski definition) is 1. The molecular weight excluding hydrogens is 280 g/mol. The summed E-state index contributed by atoms with van der Waals surface area (Å²) in [6.07, 6.45) is 1.04. The van der Waals surface area contributed by atoms with Crippen LogP contribution in [0.2, 0.25) is 0 Å². The average Bonchev–Trinajstić information content (AvgIpc) is 2.82. The fourth-order valence-electron chi connectivity index (χ4n) is 1.79. The first-order valence-corrected chi connectivity index (χ1v) is 6.78. The Bertz CT molecular complexity index is 649. The van der Waals surface area contributed by atoms with Crippen LogP contribution in [0.1, 0.15) is 32.9 Å². The van der Waals surface area contributed by atoms with Crippen LogP contribution in [0.5, 0.6) is 0 Å². The van der Waals surface area contributed by atoms with Crippen LogP contribution < -0.4 is 0 Å². The number of hydrogen-bond acceptors (Lipinski definition) is 5. The summed E-state index contributed by atoms with van der Waals surface area (Å²) in [5, 5.41) is 20.3. The molecule has 1 heterocycles. The maximum Gasteiger partial charge on any atom is 0.347 e. The molecule has 104 valence electrons. The van der Waals surface area contributed by atoms with Gasteiger partial charge in [-0.3, -0.25) is 10.1 Å². The van der Waals surface area contributed by atoms with Crippen molar-refractivity contribution in [3.63, 3.8) is 0 Å². The highest BCUT2D eigenvalue weighted by molar-refractivity contribution is 7.13. The maximum atomic E-state index is 11.1. The Balaban J connectivity index is 2.21. The van der Waals surface area contributed by atoms with Crippen molar-refractivity contribution in [2.45, 2.75) is 19.8 Å². The summed E-state index contributed by atoms with van der Waals surface area (Å²) in [7, 11) is 0. The highest BCUT2D eigenvalue weighted by Gasteiger charge is 2.16. The van der Waals surface area contributed by atoms with Gasteiger partial charge in [-0.2, -0.15) is 0 Å². The fourth-order valence-corrected chi connectivity index (χ4v) is 2.82. The van der Waals surface area contributed by atoms with Gasteiger partial charge in [-0.25, -0.2) is 9.78 Å². The van der Waals surface area contributed by atoms with Crippen molar-refractivity contribution in [3.8, 4) is 0 Å². The molecule has 0 saturated heterocycles. The normalized spacial score (nSPS) is 10.4. The van der Waals surface area contributed by atoms with Gasteiger partial charge in [0.25, 0.3) is 5.69 Å². The lowest BCUT2D eigenvalue weighted by Gasteiger charge is -1.97. The molecule has 0 amide bonds. The van der Waals surface area contributed by atoms with Crippen LogP contribution in [0.3, 0.4) is 0 Å². The third-order valence-corrected chi connectivity index (χ3v) is 3.86. The number of non-ortho nitro benzene ring substituents is 1. The largest absolute Gasteiger partial charge is 0.477 e. The Morgan fingerprint density at radius 3 is 2.50 bits per heavy atom. The van der Waals surface area contributed by atoms with E-state index in [0.717, 1.165) is 16.9 Å². The molecule has 2 rings (SSSR count). The number of aromatic nitrogens is 1. The number of benzene rings is 1. The molecule has 1 N–H and O–H groups in total. The lowest BCUT2D eigenvalue weighted by molar-refractivity contribution is -0.384. The summed E-state index contributed by atoms with van der Waals surface area (Å²) < 4.78 is 0. The number of aromatic carboxylic acids is 1. The van der Waals surface area contributed by atoms with E-state index in [0.29, 0.717) is 23.5 Å². The fraction of sp³-hybridized carbons (Fsp3) is 0.231. The van der Waals surface area contributed by atoms with Crippen LogP contribution in [0.25, 0.3) is 0 Å². The van der Waals surface area contributed by atoms with Crippen LogP contribution in [-0.4, -0.2) is 21.0 Å². The lowest BCUT2D eigenvalue weighted by atomic mass is 10.1. The zero-order valence-corrected chi connectivity index (χ0v) is 11.5. The molecule has 0 unspecified atom stereocenters. The first kappa shape index (κ1) is 14.1. The van der Waals surface area contributed by atoms with E-state index in [-0.39, 0.29) is 10.6 Å². The van der Waals surface area contributed by atoms with E-state index in [4.69, 9.17) is 5.11 Å². The molecule has 2 aromatic rings. The Morgan fingerprint density at radius 1 is 1.40 bits per heavy atom. The number of nitro groups is 1. The maximum absolute atomic E-state index is 11.1. The van der Waals surface area contributed by atoms with Crippen LogP contribution in [0.4, 0.5) is 5.69 Å². The Labute approximate surface area is 118 Å². The van der Waals surface area contributed by atoms with E-state index in [1.165, 1.54) is 12.1 Å². The number of carboxylic acids is 1. The Kier molecular flexibility index (Phi) is 4.09. The van der Waals surface area contributed by atoms with Crippen molar-refractivity contribution < 1.29 is 14.8 Å². The standard InChI is InChI=1S/C13H12N2O4S/c1-2-10-12(13(16)17)20-11(14-10)7-8-3-5-9(6-4-8)15(18)19/h3-6H,2,7H2,1H3,(H,16,17). The Morgan fingerprint density at radius 2 is 2.05 bits per heavy atom. The molecular formula is C13H12N2O4S. The second-order valence-corrected chi connectivity index (χ2v) is 5.23. The molecule has 7 heteroatoms. The van der Waals surface area contributed by atoms with E-state index in [2.05, 4.69) is 4.98 Å². The van der Waals surface area contributed by atoms with Gasteiger partial charge in [0, 0.05) is 18.6 Å². The third kappa shape index (κ3) is 3.00. The summed E-state index contributed by atoms with van der Waals surface area (Å²) >= 11 is 1.15. The minimum atomic E-state index is -0.964. The summed E-state index contributed by atoms with van der Waals surface area (Å²) in [5.74, 6) is -0.964. The lowest BCUT2D eigenvalue weighted by Crippen LogP contribution is -1.97. The summed E-state index contributed by atoms with van der Waals surface area (Å²) in [5.41, 5.74) is 1.48. The summed E-state index contributed by atoms with van der Waals surface area (Å²) in [6, 6.07) is 6.18. The van der Waals surface area contributed by atoms with Crippen molar-refractivity contribution in [1.82, 2.24) is 4.98 Å². The van der Waals surface area contributed by atoms with Crippen LogP contribution >= 0.6 is 11.3 Å². The minimum absolute atomic E-state index is 0.0355. The molecule has 0 spiro atoms. The second kappa shape index (κ2) is 5.79. The van der Waals surface area contributed by atoms with E-state index < -0.39 is 10.9 Å². The number of nitro benzene ring substituents is 1. The van der Waals surface area contributed by atoms with Crippen molar-refractivity contribution in [2.75, 3.05) is 0 Å². The van der Waals surface area contributed by atoms with Gasteiger partial charge < -0.3 is 5.11 Å². The van der Waals surface area contributed by atoms with E-state index in [1.807, 2.05) is 6.92 Å². The molecule has 20 heavy (non-hydrogen) atoms. The van der Waals surface area contributed by atoms with Crippen molar-refractivity contribution >= 4 is 23.0 Å². The average molecular weight is 292 g/mol. The summed E-state index contributed by atoms with van der Waals surface area (Å²) in [4.78, 5) is 25.7. The highest BCUT2D eigenvalue weighted by Crippen LogP contribution is 2.22. The zero-order chi connectivity index (χ0) is 14.7. The molecule has 0 fully saturated rings.